The first-order valence-corrected chi connectivity index (χ1v) is 6.96. The Bertz CT molecular complexity index is 474. The van der Waals surface area contributed by atoms with Crippen molar-refractivity contribution in [2.45, 2.75) is 33.2 Å². The fourth-order valence-electron chi connectivity index (χ4n) is 1.99. The summed E-state index contributed by atoms with van der Waals surface area (Å²) in [6.07, 6.45) is 0.481. The van der Waals surface area contributed by atoms with E-state index in [2.05, 4.69) is 0 Å². The molecule has 0 fully saturated rings. The van der Waals surface area contributed by atoms with Crippen molar-refractivity contribution in [2.24, 2.45) is 11.1 Å². The number of nitrogens with two attached hydrogens (primary N) is 1. The summed E-state index contributed by atoms with van der Waals surface area (Å²) in [4.78, 5) is 11.9. The summed E-state index contributed by atoms with van der Waals surface area (Å²) in [5, 5.41) is 0.509. The van der Waals surface area contributed by atoms with E-state index in [9.17, 15) is 4.79 Å². The smallest absolute Gasteiger partial charge is 0.311 e. The van der Waals surface area contributed by atoms with E-state index in [1.165, 1.54) is 0 Å². The predicted molar refractivity (Wildman–Crippen MR) is 80.0 cm³/mol. The van der Waals surface area contributed by atoms with Crippen LogP contribution in [0.5, 0.6) is 5.75 Å². The third-order valence-corrected chi connectivity index (χ3v) is 3.46. The van der Waals surface area contributed by atoms with Crippen molar-refractivity contribution in [3.63, 3.8) is 0 Å². The number of esters is 1. The molecule has 0 saturated carbocycles. The van der Waals surface area contributed by atoms with Gasteiger partial charge in [-0.05, 0) is 44.9 Å². The first kappa shape index (κ1) is 16.8. The van der Waals surface area contributed by atoms with Crippen LogP contribution in [0.4, 0.5) is 0 Å². The second-order valence-electron chi connectivity index (χ2n) is 5.31. The minimum atomic E-state index is -0.637. The lowest BCUT2D eigenvalue weighted by molar-refractivity contribution is -0.154. The first-order chi connectivity index (χ1) is 9.31. The molecule has 0 aliphatic carbocycles. The normalized spacial score (nSPS) is 12.9. The number of halogens is 1. The van der Waals surface area contributed by atoms with Crippen LogP contribution >= 0.6 is 11.6 Å². The fourth-order valence-corrected chi connectivity index (χ4v) is 2.26. The van der Waals surface area contributed by atoms with Gasteiger partial charge in [-0.25, -0.2) is 0 Å². The van der Waals surface area contributed by atoms with Crippen molar-refractivity contribution in [1.29, 1.82) is 0 Å². The summed E-state index contributed by atoms with van der Waals surface area (Å²) in [5.74, 6) is 0.363. The van der Waals surface area contributed by atoms with Crippen molar-refractivity contribution < 1.29 is 14.3 Å². The Labute approximate surface area is 125 Å². The molecule has 0 aliphatic heterocycles. The van der Waals surface area contributed by atoms with E-state index in [4.69, 9.17) is 26.8 Å². The van der Waals surface area contributed by atoms with Gasteiger partial charge in [0.15, 0.2) is 0 Å². The summed E-state index contributed by atoms with van der Waals surface area (Å²) < 4.78 is 10.2. The molecule has 0 heterocycles. The van der Waals surface area contributed by atoms with Gasteiger partial charge in [-0.15, -0.1) is 0 Å². The molecule has 1 unspecified atom stereocenters. The zero-order valence-corrected chi connectivity index (χ0v) is 13.2. The lowest BCUT2D eigenvalue weighted by Crippen LogP contribution is -2.31. The van der Waals surface area contributed by atoms with E-state index >= 15 is 0 Å². The van der Waals surface area contributed by atoms with Gasteiger partial charge in [0.25, 0.3) is 0 Å². The van der Waals surface area contributed by atoms with E-state index in [1.54, 1.807) is 26.2 Å². The van der Waals surface area contributed by atoms with Crippen LogP contribution in [-0.2, 0) is 9.53 Å². The predicted octanol–water partition coefficient (Wildman–Crippen LogP) is 3.33. The Morgan fingerprint density at radius 1 is 1.45 bits per heavy atom. The molecule has 2 N–H and O–H groups in total. The molecular formula is C15H22ClNO3. The first-order valence-electron chi connectivity index (χ1n) is 6.58. The Kier molecular flexibility index (Phi) is 5.84. The highest BCUT2D eigenvalue weighted by Gasteiger charge is 2.31. The second-order valence-corrected chi connectivity index (χ2v) is 5.72. The summed E-state index contributed by atoms with van der Waals surface area (Å²) in [7, 11) is 1.56. The average Bonchev–Trinajstić information content (AvgIpc) is 2.38. The Balaban J connectivity index is 2.82. The van der Waals surface area contributed by atoms with E-state index in [-0.39, 0.29) is 12.0 Å². The van der Waals surface area contributed by atoms with Gasteiger partial charge >= 0.3 is 5.97 Å². The molecule has 4 nitrogen and oxygen atoms in total. The van der Waals surface area contributed by atoms with E-state index in [0.717, 1.165) is 5.56 Å². The maximum Gasteiger partial charge on any atom is 0.311 e. The molecule has 0 saturated heterocycles. The van der Waals surface area contributed by atoms with Gasteiger partial charge in [-0.1, -0.05) is 17.7 Å². The maximum atomic E-state index is 11.9. The SMILES string of the molecule is CCOC(=O)C(C)(C)CC(N)c1ccc(OC)c(Cl)c1. The van der Waals surface area contributed by atoms with Crippen molar-refractivity contribution in [3.05, 3.63) is 28.8 Å². The van der Waals surface area contributed by atoms with Crippen LogP contribution in [0.25, 0.3) is 0 Å². The van der Waals surface area contributed by atoms with Gasteiger partial charge in [-0.2, -0.15) is 0 Å². The van der Waals surface area contributed by atoms with Crippen LogP contribution in [0, 0.1) is 5.41 Å². The highest BCUT2D eigenvalue weighted by Crippen LogP contribution is 2.33. The Morgan fingerprint density at radius 2 is 2.10 bits per heavy atom. The number of hydrogen-bond acceptors (Lipinski definition) is 4. The molecule has 5 heteroatoms. The number of methoxy groups -OCH3 is 1. The van der Waals surface area contributed by atoms with Crippen LogP contribution in [0.3, 0.4) is 0 Å². The Morgan fingerprint density at radius 3 is 2.60 bits per heavy atom. The number of rotatable bonds is 6. The molecule has 1 aromatic carbocycles. The summed E-state index contributed by atoms with van der Waals surface area (Å²) in [5.41, 5.74) is 6.40. The average molecular weight is 300 g/mol. The number of carbonyl (C=O) groups excluding carboxylic acids is 1. The topological polar surface area (TPSA) is 61.5 Å². The molecule has 0 bridgehead atoms. The van der Waals surface area contributed by atoms with Crippen LogP contribution in [-0.4, -0.2) is 19.7 Å². The second kappa shape index (κ2) is 6.95. The summed E-state index contributed by atoms with van der Waals surface area (Å²) in [6, 6.07) is 5.11. The largest absolute Gasteiger partial charge is 0.495 e. The molecular weight excluding hydrogens is 278 g/mol. The maximum absolute atomic E-state index is 11.9. The van der Waals surface area contributed by atoms with Gasteiger partial charge in [0, 0.05) is 6.04 Å². The number of benzene rings is 1. The highest BCUT2D eigenvalue weighted by atomic mass is 35.5. The third kappa shape index (κ3) is 4.12. The van der Waals surface area contributed by atoms with Gasteiger partial charge in [-0.3, -0.25) is 4.79 Å². The number of carbonyl (C=O) groups is 1. The molecule has 1 rings (SSSR count). The molecule has 112 valence electrons. The monoisotopic (exact) mass is 299 g/mol. The minimum Gasteiger partial charge on any atom is -0.495 e. The molecule has 0 radical (unpaired) electrons. The van der Waals surface area contributed by atoms with E-state index in [0.29, 0.717) is 23.8 Å². The molecule has 0 amide bonds. The fraction of sp³-hybridized carbons (Fsp3) is 0.533. The van der Waals surface area contributed by atoms with Crippen LogP contribution in [0.2, 0.25) is 5.02 Å². The molecule has 1 aromatic rings. The Hall–Kier alpha value is -1.26. The van der Waals surface area contributed by atoms with Gasteiger partial charge in [0.1, 0.15) is 5.75 Å². The standard InChI is InChI=1S/C15H22ClNO3/c1-5-20-14(18)15(2,3)9-12(17)10-6-7-13(19-4)11(16)8-10/h6-8,12H,5,9,17H2,1-4H3. The van der Waals surface area contributed by atoms with Gasteiger partial charge in [0.2, 0.25) is 0 Å². The molecule has 0 aromatic heterocycles. The molecule has 0 aliphatic rings. The summed E-state index contributed by atoms with van der Waals surface area (Å²) in [6.45, 7) is 5.81. The minimum absolute atomic E-state index is 0.241. The van der Waals surface area contributed by atoms with Crippen LogP contribution in [0.1, 0.15) is 38.8 Å². The van der Waals surface area contributed by atoms with Crippen LogP contribution in [0.15, 0.2) is 18.2 Å². The van der Waals surface area contributed by atoms with E-state index < -0.39 is 5.41 Å². The van der Waals surface area contributed by atoms with Crippen LogP contribution < -0.4 is 10.5 Å². The number of hydrogen-bond donors (Lipinski definition) is 1. The quantitative estimate of drug-likeness (QED) is 0.819. The third-order valence-electron chi connectivity index (χ3n) is 3.16. The van der Waals surface area contributed by atoms with Crippen molar-refractivity contribution in [1.82, 2.24) is 0 Å². The highest BCUT2D eigenvalue weighted by molar-refractivity contribution is 6.32. The van der Waals surface area contributed by atoms with Crippen molar-refractivity contribution >= 4 is 17.6 Å². The zero-order valence-electron chi connectivity index (χ0n) is 12.4. The number of ether oxygens (including phenoxy) is 2. The lowest BCUT2D eigenvalue weighted by Gasteiger charge is -2.26. The lowest BCUT2D eigenvalue weighted by atomic mass is 9.84. The van der Waals surface area contributed by atoms with E-state index in [1.807, 2.05) is 19.9 Å². The summed E-state index contributed by atoms with van der Waals surface area (Å²) >= 11 is 6.08. The van der Waals surface area contributed by atoms with Gasteiger partial charge in [0.05, 0.1) is 24.2 Å². The van der Waals surface area contributed by atoms with Gasteiger partial charge < -0.3 is 15.2 Å². The zero-order chi connectivity index (χ0) is 15.3. The molecule has 20 heavy (non-hydrogen) atoms. The van der Waals surface area contributed by atoms with Crippen molar-refractivity contribution in [2.75, 3.05) is 13.7 Å². The molecule has 0 spiro atoms. The molecule has 1 atom stereocenters. The van der Waals surface area contributed by atoms with Crippen molar-refractivity contribution in [3.8, 4) is 5.75 Å².